The van der Waals surface area contributed by atoms with E-state index in [1.165, 1.54) is 18.4 Å². The van der Waals surface area contributed by atoms with Crippen LogP contribution >= 0.6 is 0 Å². The van der Waals surface area contributed by atoms with Gasteiger partial charge in [-0.1, -0.05) is 37.3 Å². The largest absolute Gasteiger partial charge is 0.330 e. The van der Waals surface area contributed by atoms with Gasteiger partial charge in [0, 0.05) is 12.6 Å². The molecule has 1 atom stereocenters. The average Bonchev–Trinajstić information content (AvgIpc) is 3.14. The molecule has 2 rings (SSSR count). The Bertz CT molecular complexity index is 357. The minimum atomic E-state index is 0.545. The Morgan fingerprint density at radius 1 is 1.28 bits per heavy atom. The number of rotatable bonds is 7. The van der Waals surface area contributed by atoms with E-state index in [9.17, 15) is 0 Å². The zero-order valence-electron chi connectivity index (χ0n) is 11.7. The van der Waals surface area contributed by atoms with Crippen LogP contribution in [0.2, 0.25) is 0 Å². The molecule has 0 heterocycles. The molecule has 1 unspecified atom stereocenters. The molecule has 0 spiro atoms. The van der Waals surface area contributed by atoms with Crippen molar-refractivity contribution >= 4 is 0 Å². The van der Waals surface area contributed by atoms with Crippen molar-refractivity contribution in [1.29, 1.82) is 0 Å². The van der Waals surface area contributed by atoms with E-state index in [1.54, 1.807) is 0 Å². The van der Waals surface area contributed by atoms with Crippen LogP contribution in [-0.4, -0.2) is 24.0 Å². The van der Waals surface area contributed by atoms with Crippen molar-refractivity contribution in [3.05, 3.63) is 35.9 Å². The third-order valence-electron chi connectivity index (χ3n) is 4.47. The molecule has 1 saturated carbocycles. The second-order valence-electron chi connectivity index (χ2n) is 5.93. The zero-order valence-corrected chi connectivity index (χ0v) is 11.7. The molecular formula is C16H26N2. The molecule has 1 aromatic rings. The molecule has 1 fully saturated rings. The van der Waals surface area contributed by atoms with Gasteiger partial charge in [0.25, 0.3) is 0 Å². The first-order valence-corrected chi connectivity index (χ1v) is 7.14. The average molecular weight is 246 g/mol. The van der Waals surface area contributed by atoms with E-state index in [-0.39, 0.29) is 0 Å². The van der Waals surface area contributed by atoms with Gasteiger partial charge in [0.05, 0.1) is 0 Å². The number of nitrogens with zero attached hydrogens (tertiary/aromatic N) is 1. The first-order chi connectivity index (χ1) is 8.65. The molecule has 2 heteroatoms. The van der Waals surface area contributed by atoms with Gasteiger partial charge in [0.2, 0.25) is 0 Å². The highest BCUT2D eigenvalue weighted by molar-refractivity contribution is 5.15. The molecule has 18 heavy (non-hydrogen) atoms. The molecule has 0 bridgehead atoms. The fourth-order valence-corrected chi connectivity index (χ4v) is 2.58. The molecule has 0 amide bonds. The van der Waals surface area contributed by atoms with Crippen LogP contribution in [0.1, 0.15) is 38.7 Å². The number of hydrogen-bond acceptors (Lipinski definition) is 2. The summed E-state index contributed by atoms with van der Waals surface area (Å²) in [6, 6.07) is 11.4. The predicted molar refractivity (Wildman–Crippen MR) is 77.3 cm³/mol. The standard InChI is InChI=1S/C16H26N2/c1-14(16(2)9-10-16)18(12-6-11-17)13-15-7-4-3-5-8-15/h3-5,7-8,14H,6,9-13,17H2,1-2H3. The molecule has 0 aliphatic heterocycles. The summed E-state index contributed by atoms with van der Waals surface area (Å²) in [5, 5.41) is 0. The van der Waals surface area contributed by atoms with Crippen molar-refractivity contribution in [2.24, 2.45) is 11.1 Å². The Balaban J connectivity index is 2.00. The fourth-order valence-electron chi connectivity index (χ4n) is 2.58. The Morgan fingerprint density at radius 3 is 2.50 bits per heavy atom. The maximum atomic E-state index is 5.67. The van der Waals surface area contributed by atoms with Crippen LogP contribution in [-0.2, 0) is 6.54 Å². The normalized spacial score (nSPS) is 18.9. The maximum absolute atomic E-state index is 5.67. The Kier molecular flexibility index (Phi) is 4.41. The monoisotopic (exact) mass is 246 g/mol. The van der Waals surface area contributed by atoms with Crippen molar-refractivity contribution in [2.45, 2.75) is 45.7 Å². The summed E-state index contributed by atoms with van der Waals surface area (Å²) >= 11 is 0. The minimum absolute atomic E-state index is 0.545. The lowest BCUT2D eigenvalue weighted by Gasteiger charge is -2.33. The van der Waals surface area contributed by atoms with Gasteiger partial charge < -0.3 is 5.73 Å². The van der Waals surface area contributed by atoms with Crippen LogP contribution < -0.4 is 5.73 Å². The Morgan fingerprint density at radius 2 is 1.94 bits per heavy atom. The lowest BCUT2D eigenvalue weighted by atomic mass is 9.98. The van der Waals surface area contributed by atoms with Crippen molar-refractivity contribution in [3.8, 4) is 0 Å². The highest BCUT2D eigenvalue weighted by Crippen LogP contribution is 2.50. The zero-order chi connectivity index (χ0) is 13.0. The second kappa shape index (κ2) is 5.85. The molecule has 0 saturated heterocycles. The van der Waals surface area contributed by atoms with E-state index < -0.39 is 0 Å². The second-order valence-corrected chi connectivity index (χ2v) is 5.93. The van der Waals surface area contributed by atoms with Crippen LogP contribution in [0.5, 0.6) is 0 Å². The summed E-state index contributed by atoms with van der Waals surface area (Å²) in [5.74, 6) is 0. The first kappa shape index (κ1) is 13.6. The molecule has 100 valence electrons. The van der Waals surface area contributed by atoms with Crippen molar-refractivity contribution in [2.75, 3.05) is 13.1 Å². The van der Waals surface area contributed by atoms with Crippen molar-refractivity contribution in [3.63, 3.8) is 0 Å². The third kappa shape index (κ3) is 3.33. The summed E-state index contributed by atoms with van der Waals surface area (Å²) in [7, 11) is 0. The van der Waals surface area contributed by atoms with Crippen LogP contribution in [0.15, 0.2) is 30.3 Å². The van der Waals surface area contributed by atoms with E-state index in [1.807, 2.05) is 0 Å². The highest BCUT2D eigenvalue weighted by atomic mass is 15.2. The quantitative estimate of drug-likeness (QED) is 0.801. The molecular weight excluding hydrogens is 220 g/mol. The SMILES string of the molecule is CC(N(CCCN)Cc1ccccc1)C1(C)CC1. The van der Waals surface area contributed by atoms with Gasteiger partial charge in [-0.25, -0.2) is 0 Å². The summed E-state index contributed by atoms with van der Waals surface area (Å²) in [5.41, 5.74) is 7.62. The van der Waals surface area contributed by atoms with Gasteiger partial charge >= 0.3 is 0 Å². The molecule has 0 aromatic heterocycles. The Labute approximate surface area is 111 Å². The first-order valence-electron chi connectivity index (χ1n) is 7.14. The number of nitrogens with two attached hydrogens (primary N) is 1. The van der Waals surface area contributed by atoms with E-state index in [0.29, 0.717) is 11.5 Å². The highest BCUT2D eigenvalue weighted by Gasteiger charge is 2.44. The van der Waals surface area contributed by atoms with Crippen LogP contribution in [0, 0.1) is 5.41 Å². The molecule has 1 aromatic carbocycles. The van der Waals surface area contributed by atoms with Gasteiger partial charge in [0.15, 0.2) is 0 Å². The molecule has 1 aliphatic rings. The van der Waals surface area contributed by atoms with Gasteiger partial charge in [-0.3, -0.25) is 4.90 Å². The van der Waals surface area contributed by atoms with E-state index >= 15 is 0 Å². The summed E-state index contributed by atoms with van der Waals surface area (Å²) in [6.45, 7) is 7.75. The lowest BCUT2D eigenvalue weighted by molar-refractivity contribution is 0.140. The van der Waals surface area contributed by atoms with Gasteiger partial charge in [-0.2, -0.15) is 0 Å². The topological polar surface area (TPSA) is 29.3 Å². The molecule has 2 N–H and O–H groups in total. The predicted octanol–water partition coefficient (Wildman–Crippen LogP) is 3.03. The Hall–Kier alpha value is -0.860. The van der Waals surface area contributed by atoms with E-state index in [4.69, 9.17) is 5.73 Å². The van der Waals surface area contributed by atoms with E-state index in [0.717, 1.165) is 26.1 Å². The molecule has 2 nitrogen and oxygen atoms in total. The van der Waals surface area contributed by atoms with E-state index in [2.05, 4.69) is 49.1 Å². The van der Waals surface area contributed by atoms with Gasteiger partial charge in [-0.05, 0) is 50.3 Å². The van der Waals surface area contributed by atoms with Gasteiger partial charge in [-0.15, -0.1) is 0 Å². The summed E-state index contributed by atoms with van der Waals surface area (Å²) in [4.78, 5) is 2.61. The van der Waals surface area contributed by atoms with Gasteiger partial charge in [0.1, 0.15) is 0 Å². The summed E-state index contributed by atoms with van der Waals surface area (Å²) < 4.78 is 0. The fraction of sp³-hybridized carbons (Fsp3) is 0.625. The number of benzene rings is 1. The van der Waals surface area contributed by atoms with Crippen LogP contribution in [0.3, 0.4) is 0 Å². The molecule has 0 radical (unpaired) electrons. The number of hydrogen-bond donors (Lipinski definition) is 1. The van der Waals surface area contributed by atoms with Crippen LogP contribution in [0.4, 0.5) is 0 Å². The smallest absolute Gasteiger partial charge is 0.0236 e. The minimum Gasteiger partial charge on any atom is -0.330 e. The van der Waals surface area contributed by atoms with Crippen molar-refractivity contribution in [1.82, 2.24) is 4.90 Å². The maximum Gasteiger partial charge on any atom is 0.0236 e. The lowest BCUT2D eigenvalue weighted by Crippen LogP contribution is -2.39. The summed E-state index contributed by atoms with van der Waals surface area (Å²) in [6.07, 6.45) is 3.84. The van der Waals surface area contributed by atoms with Crippen molar-refractivity contribution < 1.29 is 0 Å². The molecule has 1 aliphatic carbocycles. The van der Waals surface area contributed by atoms with Crippen LogP contribution in [0.25, 0.3) is 0 Å². The third-order valence-corrected chi connectivity index (χ3v) is 4.47.